The molecule has 1 saturated heterocycles. The minimum atomic E-state index is -3.21. The first-order valence-electron chi connectivity index (χ1n) is 8.93. The number of pyridine rings is 1. The standard InChI is InChI=1S/C19H20N4O4S/c1-13(2)28(24,25)23-11-17(12-23)26-16-5-3-14(4-6-16)18-21-19(27-22-18)15-7-9-20-10-8-15/h3-10,13,17H,11-12H2,1-2H3. The van der Waals surface area contributed by atoms with Crippen molar-refractivity contribution in [1.29, 1.82) is 0 Å². The van der Waals surface area contributed by atoms with Crippen molar-refractivity contribution in [3.8, 4) is 28.6 Å². The van der Waals surface area contributed by atoms with Crippen molar-refractivity contribution in [3.05, 3.63) is 48.8 Å². The summed E-state index contributed by atoms with van der Waals surface area (Å²) in [6, 6.07) is 10.9. The molecular weight excluding hydrogens is 380 g/mol. The highest BCUT2D eigenvalue weighted by Gasteiger charge is 2.38. The molecule has 0 saturated carbocycles. The zero-order valence-corrected chi connectivity index (χ0v) is 16.3. The second-order valence-corrected chi connectivity index (χ2v) is 9.32. The molecule has 1 aliphatic heterocycles. The summed E-state index contributed by atoms with van der Waals surface area (Å²) in [5.41, 5.74) is 1.61. The van der Waals surface area contributed by atoms with E-state index in [1.165, 1.54) is 4.31 Å². The summed E-state index contributed by atoms with van der Waals surface area (Å²) < 4.78 is 36.7. The highest BCUT2D eigenvalue weighted by Crippen LogP contribution is 2.26. The van der Waals surface area contributed by atoms with Gasteiger partial charge < -0.3 is 9.26 Å². The van der Waals surface area contributed by atoms with Gasteiger partial charge in [0.05, 0.1) is 18.3 Å². The van der Waals surface area contributed by atoms with Gasteiger partial charge in [0.2, 0.25) is 15.8 Å². The summed E-state index contributed by atoms with van der Waals surface area (Å²) in [6.45, 7) is 4.12. The van der Waals surface area contributed by atoms with E-state index < -0.39 is 15.3 Å². The molecule has 0 atom stereocenters. The summed E-state index contributed by atoms with van der Waals surface area (Å²) in [6.07, 6.45) is 3.20. The maximum absolute atomic E-state index is 12.1. The number of hydrogen-bond acceptors (Lipinski definition) is 7. The Morgan fingerprint density at radius 2 is 1.75 bits per heavy atom. The molecule has 0 radical (unpaired) electrons. The van der Waals surface area contributed by atoms with Gasteiger partial charge in [-0.3, -0.25) is 4.98 Å². The van der Waals surface area contributed by atoms with Gasteiger partial charge in [-0.25, -0.2) is 8.42 Å². The van der Waals surface area contributed by atoms with Crippen LogP contribution in [-0.2, 0) is 10.0 Å². The van der Waals surface area contributed by atoms with Gasteiger partial charge in [0.1, 0.15) is 11.9 Å². The van der Waals surface area contributed by atoms with Crippen LogP contribution in [0.3, 0.4) is 0 Å². The highest BCUT2D eigenvalue weighted by atomic mass is 32.2. The SMILES string of the molecule is CC(C)S(=O)(=O)N1CC(Oc2ccc(-c3noc(-c4ccncc4)n3)cc2)C1. The van der Waals surface area contributed by atoms with Crippen molar-refractivity contribution in [2.45, 2.75) is 25.2 Å². The predicted molar refractivity (Wildman–Crippen MR) is 103 cm³/mol. The number of nitrogens with zero attached hydrogens (tertiary/aromatic N) is 4. The van der Waals surface area contributed by atoms with Crippen molar-refractivity contribution >= 4 is 10.0 Å². The van der Waals surface area contributed by atoms with Crippen LogP contribution in [-0.4, -0.2) is 52.3 Å². The first-order chi connectivity index (χ1) is 13.4. The average Bonchev–Trinajstić information content (AvgIpc) is 3.15. The van der Waals surface area contributed by atoms with E-state index in [2.05, 4.69) is 15.1 Å². The van der Waals surface area contributed by atoms with Crippen molar-refractivity contribution in [2.24, 2.45) is 0 Å². The van der Waals surface area contributed by atoms with E-state index in [0.29, 0.717) is 30.6 Å². The highest BCUT2D eigenvalue weighted by molar-refractivity contribution is 7.89. The quantitative estimate of drug-likeness (QED) is 0.627. The molecule has 0 aliphatic carbocycles. The zero-order chi connectivity index (χ0) is 19.7. The largest absolute Gasteiger partial charge is 0.488 e. The molecular formula is C19H20N4O4S. The fourth-order valence-electron chi connectivity index (χ4n) is 2.81. The Bertz CT molecular complexity index is 1040. The smallest absolute Gasteiger partial charge is 0.258 e. The van der Waals surface area contributed by atoms with E-state index in [4.69, 9.17) is 9.26 Å². The summed E-state index contributed by atoms with van der Waals surface area (Å²) in [7, 11) is -3.21. The zero-order valence-electron chi connectivity index (χ0n) is 15.5. The Balaban J connectivity index is 1.38. The predicted octanol–water partition coefficient (Wildman–Crippen LogP) is 2.60. The van der Waals surface area contributed by atoms with E-state index in [-0.39, 0.29) is 6.10 Å². The third kappa shape index (κ3) is 3.63. The first-order valence-corrected chi connectivity index (χ1v) is 10.4. The summed E-state index contributed by atoms with van der Waals surface area (Å²) in [4.78, 5) is 8.37. The van der Waals surface area contributed by atoms with Gasteiger partial charge in [0, 0.05) is 23.5 Å². The minimum absolute atomic E-state index is 0.136. The van der Waals surface area contributed by atoms with Gasteiger partial charge >= 0.3 is 0 Å². The lowest BCUT2D eigenvalue weighted by molar-refractivity contribution is 0.0757. The Kier molecular flexibility index (Phi) is 4.86. The summed E-state index contributed by atoms with van der Waals surface area (Å²) in [5, 5.41) is 3.60. The lowest BCUT2D eigenvalue weighted by Crippen LogP contribution is -2.57. The molecule has 0 spiro atoms. The molecule has 1 fully saturated rings. The van der Waals surface area contributed by atoms with E-state index in [1.807, 2.05) is 24.3 Å². The lowest BCUT2D eigenvalue weighted by Gasteiger charge is -2.38. The number of hydrogen-bond donors (Lipinski definition) is 0. The van der Waals surface area contributed by atoms with Crippen molar-refractivity contribution in [1.82, 2.24) is 19.4 Å². The number of sulfonamides is 1. The lowest BCUT2D eigenvalue weighted by atomic mass is 10.2. The van der Waals surface area contributed by atoms with Crippen LogP contribution in [0.15, 0.2) is 53.3 Å². The maximum atomic E-state index is 12.1. The van der Waals surface area contributed by atoms with E-state index >= 15 is 0 Å². The summed E-state index contributed by atoms with van der Waals surface area (Å²) in [5.74, 6) is 1.59. The molecule has 0 bridgehead atoms. The van der Waals surface area contributed by atoms with Gasteiger partial charge in [-0.2, -0.15) is 9.29 Å². The van der Waals surface area contributed by atoms with Crippen molar-refractivity contribution in [2.75, 3.05) is 13.1 Å². The first kappa shape index (κ1) is 18.6. The average molecular weight is 400 g/mol. The summed E-state index contributed by atoms with van der Waals surface area (Å²) >= 11 is 0. The van der Waals surface area contributed by atoms with E-state index in [1.54, 1.807) is 38.4 Å². The second-order valence-electron chi connectivity index (χ2n) is 6.83. The minimum Gasteiger partial charge on any atom is -0.488 e. The fourth-order valence-corrected chi connectivity index (χ4v) is 4.15. The van der Waals surface area contributed by atoms with Crippen LogP contribution in [0.2, 0.25) is 0 Å². The Labute approximate surface area is 163 Å². The Morgan fingerprint density at radius 1 is 1.07 bits per heavy atom. The Morgan fingerprint density at radius 3 is 2.39 bits per heavy atom. The van der Waals surface area contributed by atoms with Crippen LogP contribution in [0, 0.1) is 0 Å². The molecule has 146 valence electrons. The molecule has 28 heavy (non-hydrogen) atoms. The molecule has 4 rings (SSSR count). The third-order valence-corrected chi connectivity index (χ3v) is 6.75. The molecule has 2 aromatic heterocycles. The molecule has 3 aromatic rings. The van der Waals surface area contributed by atoms with Crippen LogP contribution >= 0.6 is 0 Å². The number of benzene rings is 1. The van der Waals surface area contributed by atoms with Gasteiger partial charge in [-0.1, -0.05) is 5.16 Å². The van der Waals surface area contributed by atoms with Crippen molar-refractivity contribution < 1.29 is 17.7 Å². The van der Waals surface area contributed by atoms with Crippen molar-refractivity contribution in [3.63, 3.8) is 0 Å². The molecule has 1 aliphatic rings. The van der Waals surface area contributed by atoms with Gasteiger partial charge in [0.25, 0.3) is 5.89 Å². The molecule has 0 amide bonds. The maximum Gasteiger partial charge on any atom is 0.258 e. The van der Waals surface area contributed by atoms with Crippen LogP contribution < -0.4 is 4.74 Å². The normalized spacial score (nSPS) is 15.5. The van der Waals surface area contributed by atoms with Gasteiger partial charge in [0.15, 0.2) is 0 Å². The van der Waals surface area contributed by atoms with Crippen LogP contribution in [0.5, 0.6) is 5.75 Å². The molecule has 9 heteroatoms. The second kappa shape index (κ2) is 7.33. The van der Waals surface area contributed by atoms with Gasteiger partial charge in [-0.15, -0.1) is 0 Å². The molecule has 8 nitrogen and oxygen atoms in total. The van der Waals surface area contributed by atoms with Crippen LogP contribution in [0.1, 0.15) is 13.8 Å². The molecule has 1 aromatic carbocycles. The molecule has 0 N–H and O–H groups in total. The fraction of sp³-hybridized carbons (Fsp3) is 0.316. The van der Waals surface area contributed by atoms with Gasteiger partial charge in [-0.05, 0) is 50.2 Å². The van der Waals surface area contributed by atoms with E-state index in [9.17, 15) is 8.42 Å². The molecule has 0 unspecified atom stereocenters. The number of ether oxygens (including phenoxy) is 1. The number of rotatable bonds is 6. The van der Waals surface area contributed by atoms with E-state index in [0.717, 1.165) is 11.1 Å². The third-order valence-electron chi connectivity index (χ3n) is 4.54. The topological polar surface area (TPSA) is 98.4 Å². The molecule has 3 heterocycles. The number of aromatic nitrogens is 3. The monoisotopic (exact) mass is 400 g/mol. The van der Waals surface area contributed by atoms with Crippen LogP contribution in [0.25, 0.3) is 22.8 Å². The Hall–Kier alpha value is -2.78. The van der Waals surface area contributed by atoms with Crippen LogP contribution in [0.4, 0.5) is 0 Å².